The molecule has 1 unspecified atom stereocenters. The van der Waals surface area contributed by atoms with E-state index in [9.17, 15) is 4.79 Å². The molecule has 0 saturated carbocycles. The number of hydrogen-bond donors (Lipinski definition) is 1. The maximum absolute atomic E-state index is 12.4. The molecule has 1 amide bonds. The van der Waals surface area contributed by atoms with Crippen LogP contribution in [0.5, 0.6) is 0 Å². The molecule has 25 heavy (non-hydrogen) atoms. The van der Waals surface area contributed by atoms with Crippen LogP contribution in [0.15, 0.2) is 30.3 Å². The Balaban J connectivity index is 1.62. The van der Waals surface area contributed by atoms with Gasteiger partial charge in [-0.05, 0) is 51.3 Å². The number of benzene rings is 1. The SMILES string of the molecule is Cc1nn(-c2ccccc2)c(C)c1NC(=O)CCN1CCCC(C)C1. The summed E-state index contributed by atoms with van der Waals surface area (Å²) < 4.78 is 1.89. The Morgan fingerprint density at radius 3 is 2.76 bits per heavy atom. The zero-order valence-electron chi connectivity index (χ0n) is 15.5. The zero-order valence-corrected chi connectivity index (χ0v) is 15.5. The van der Waals surface area contributed by atoms with Gasteiger partial charge in [0.15, 0.2) is 0 Å². The molecule has 0 spiro atoms. The van der Waals surface area contributed by atoms with Crippen molar-refractivity contribution in [3.8, 4) is 5.69 Å². The molecule has 1 aromatic heterocycles. The normalized spacial score (nSPS) is 18.3. The van der Waals surface area contributed by atoms with E-state index < -0.39 is 0 Å². The van der Waals surface area contributed by atoms with Gasteiger partial charge in [0.1, 0.15) is 0 Å². The van der Waals surface area contributed by atoms with Crippen molar-refractivity contribution >= 4 is 11.6 Å². The largest absolute Gasteiger partial charge is 0.323 e. The summed E-state index contributed by atoms with van der Waals surface area (Å²) in [5.41, 5.74) is 3.65. The van der Waals surface area contributed by atoms with Crippen molar-refractivity contribution in [2.24, 2.45) is 5.92 Å². The lowest BCUT2D eigenvalue weighted by Crippen LogP contribution is -2.36. The summed E-state index contributed by atoms with van der Waals surface area (Å²) in [5.74, 6) is 0.808. The predicted molar refractivity (Wildman–Crippen MR) is 101 cm³/mol. The number of aryl methyl sites for hydroxylation is 1. The molecule has 5 heteroatoms. The van der Waals surface area contributed by atoms with E-state index in [0.717, 1.165) is 48.3 Å². The molecule has 2 aromatic rings. The Morgan fingerprint density at radius 2 is 2.04 bits per heavy atom. The summed E-state index contributed by atoms with van der Waals surface area (Å²) in [4.78, 5) is 14.8. The van der Waals surface area contributed by atoms with Crippen molar-refractivity contribution in [1.29, 1.82) is 0 Å². The Bertz CT molecular complexity index is 723. The summed E-state index contributed by atoms with van der Waals surface area (Å²) in [7, 11) is 0. The highest BCUT2D eigenvalue weighted by molar-refractivity contribution is 5.92. The quantitative estimate of drug-likeness (QED) is 0.905. The van der Waals surface area contributed by atoms with E-state index in [1.54, 1.807) is 0 Å². The summed E-state index contributed by atoms with van der Waals surface area (Å²) in [6.07, 6.45) is 3.08. The topological polar surface area (TPSA) is 50.2 Å². The van der Waals surface area contributed by atoms with E-state index in [1.807, 2.05) is 48.9 Å². The smallest absolute Gasteiger partial charge is 0.225 e. The van der Waals surface area contributed by atoms with Crippen LogP contribution in [-0.2, 0) is 4.79 Å². The summed E-state index contributed by atoms with van der Waals surface area (Å²) in [6, 6.07) is 10.00. The van der Waals surface area contributed by atoms with Crippen LogP contribution in [0.25, 0.3) is 5.69 Å². The van der Waals surface area contributed by atoms with Gasteiger partial charge in [-0.25, -0.2) is 4.68 Å². The second-order valence-electron chi connectivity index (χ2n) is 7.14. The molecule has 0 aliphatic carbocycles. The van der Waals surface area contributed by atoms with Gasteiger partial charge in [0.2, 0.25) is 5.91 Å². The van der Waals surface area contributed by atoms with E-state index in [4.69, 9.17) is 0 Å². The first-order valence-corrected chi connectivity index (χ1v) is 9.18. The molecular weight excluding hydrogens is 312 g/mol. The molecule has 1 N–H and O–H groups in total. The number of carbonyl (C=O) groups excluding carboxylic acids is 1. The molecule has 0 bridgehead atoms. The molecule has 5 nitrogen and oxygen atoms in total. The monoisotopic (exact) mass is 340 g/mol. The lowest BCUT2D eigenvalue weighted by molar-refractivity contribution is -0.116. The average molecular weight is 340 g/mol. The highest BCUT2D eigenvalue weighted by Gasteiger charge is 2.18. The van der Waals surface area contributed by atoms with Crippen molar-refractivity contribution in [2.45, 2.75) is 40.0 Å². The second kappa shape index (κ2) is 7.83. The van der Waals surface area contributed by atoms with Crippen molar-refractivity contribution in [3.05, 3.63) is 41.7 Å². The van der Waals surface area contributed by atoms with Crippen molar-refractivity contribution < 1.29 is 4.79 Å². The van der Waals surface area contributed by atoms with Gasteiger partial charge in [-0.2, -0.15) is 5.10 Å². The maximum atomic E-state index is 12.4. The highest BCUT2D eigenvalue weighted by atomic mass is 16.1. The molecular formula is C20H28N4O. The van der Waals surface area contributed by atoms with Crippen LogP contribution in [0, 0.1) is 19.8 Å². The van der Waals surface area contributed by atoms with Gasteiger partial charge in [-0.15, -0.1) is 0 Å². The molecule has 1 aliphatic rings. The second-order valence-corrected chi connectivity index (χ2v) is 7.14. The fourth-order valence-corrected chi connectivity index (χ4v) is 3.60. The lowest BCUT2D eigenvalue weighted by atomic mass is 10.0. The molecule has 1 aromatic carbocycles. The van der Waals surface area contributed by atoms with Crippen LogP contribution in [0.2, 0.25) is 0 Å². The number of likely N-dealkylation sites (tertiary alicyclic amines) is 1. The molecule has 134 valence electrons. The van der Waals surface area contributed by atoms with E-state index in [2.05, 4.69) is 22.2 Å². The third kappa shape index (κ3) is 4.28. The van der Waals surface area contributed by atoms with Gasteiger partial charge in [0.25, 0.3) is 0 Å². The van der Waals surface area contributed by atoms with E-state index in [1.165, 1.54) is 12.8 Å². The number of rotatable bonds is 5. The van der Waals surface area contributed by atoms with Crippen molar-refractivity contribution in [2.75, 3.05) is 25.0 Å². The summed E-state index contributed by atoms with van der Waals surface area (Å²) in [6.45, 7) is 9.28. The molecule has 3 rings (SSSR count). The minimum Gasteiger partial charge on any atom is -0.323 e. The fraction of sp³-hybridized carbons (Fsp3) is 0.500. The zero-order chi connectivity index (χ0) is 17.8. The minimum absolute atomic E-state index is 0.0667. The first-order valence-electron chi connectivity index (χ1n) is 9.18. The molecule has 1 atom stereocenters. The van der Waals surface area contributed by atoms with Gasteiger partial charge in [0, 0.05) is 19.5 Å². The Kier molecular flexibility index (Phi) is 5.53. The number of nitrogens with one attached hydrogen (secondary N) is 1. The first kappa shape index (κ1) is 17.7. The number of anilines is 1. The van der Waals surface area contributed by atoms with Crippen LogP contribution in [0.3, 0.4) is 0 Å². The van der Waals surface area contributed by atoms with Crippen LogP contribution in [0.1, 0.15) is 37.6 Å². The van der Waals surface area contributed by atoms with E-state index in [0.29, 0.717) is 6.42 Å². The number of para-hydroxylation sites is 1. The van der Waals surface area contributed by atoms with Crippen LogP contribution < -0.4 is 5.32 Å². The van der Waals surface area contributed by atoms with Crippen LogP contribution >= 0.6 is 0 Å². The van der Waals surface area contributed by atoms with Gasteiger partial charge < -0.3 is 10.2 Å². The minimum atomic E-state index is 0.0667. The third-order valence-corrected chi connectivity index (χ3v) is 4.95. The summed E-state index contributed by atoms with van der Waals surface area (Å²) >= 11 is 0. The van der Waals surface area contributed by atoms with Gasteiger partial charge in [-0.1, -0.05) is 25.1 Å². The molecule has 2 heterocycles. The number of amides is 1. The van der Waals surface area contributed by atoms with Crippen LogP contribution in [-0.4, -0.2) is 40.2 Å². The van der Waals surface area contributed by atoms with Crippen molar-refractivity contribution in [1.82, 2.24) is 14.7 Å². The lowest BCUT2D eigenvalue weighted by Gasteiger charge is -2.30. The summed E-state index contributed by atoms with van der Waals surface area (Å²) in [5, 5.41) is 7.66. The molecule has 1 saturated heterocycles. The number of piperidine rings is 1. The fourth-order valence-electron chi connectivity index (χ4n) is 3.60. The average Bonchev–Trinajstić information content (AvgIpc) is 2.89. The first-order chi connectivity index (χ1) is 12.0. The Morgan fingerprint density at radius 1 is 1.28 bits per heavy atom. The maximum Gasteiger partial charge on any atom is 0.225 e. The van der Waals surface area contributed by atoms with Gasteiger partial charge in [-0.3, -0.25) is 4.79 Å². The van der Waals surface area contributed by atoms with Crippen molar-refractivity contribution in [3.63, 3.8) is 0 Å². The molecule has 1 aliphatic heterocycles. The van der Waals surface area contributed by atoms with E-state index >= 15 is 0 Å². The standard InChI is InChI=1S/C20H28N4O/c1-15-8-7-12-23(14-15)13-11-19(25)21-20-16(2)22-24(17(20)3)18-9-5-4-6-10-18/h4-6,9-10,15H,7-8,11-14H2,1-3H3,(H,21,25). The number of hydrogen-bond acceptors (Lipinski definition) is 3. The highest BCUT2D eigenvalue weighted by Crippen LogP contribution is 2.23. The Hall–Kier alpha value is -2.14. The number of carbonyl (C=O) groups is 1. The third-order valence-electron chi connectivity index (χ3n) is 4.95. The van der Waals surface area contributed by atoms with Gasteiger partial charge >= 0.3 is 0 Å². The predicted octanol–water partition coefficient (Wildman–Crippen LogP) is 3.55. The molecule has 1 fully saturated rings. The number of nitrogens with zero attached hydrogens (tertiary/aromatic N) is 3. The van der Waals surface area contributed by atoms with Gasteiger partial charge in [0.05, 0.1) is 22.8 Å². The van der Waals surface area contributed by atoms with E-state index in [-0.39, 0.29) is 5.91 Å². The number of aromatic nitrogens is 2. The Labute approximate surface area is 150 Å². The van der Waals surface area contributed by atoms with Crippen LogP contribution in [0.4, 0.5) is 5.69 Å². The molecule has 0 radical (unpaired) electrons.